The van der Waals surface area contributed by atoms with Gasteiger partial charge in [-0.3, -0.25) is 15.0 Å². The summed E-state index contributed by atoms with van der Waals surface area (Å²) in [6.07, 6.45) is 3.11. The summed E-state index contributed by atoms with van der Waals surface area (Å²) in [6.45, 7) is 2.42. The maximum Gasteiger partial charge on any atom is 0.272 e. The summed E-state index contributed by atoms with van der Waals surface area (Å²) in [6, 6.07) is 3.92. The second-order valence-corrected chi connectivity index (χ2v) is 6.34. The molecule has 4 atom stereocenters. The molecule has 0 amide bonds. The van der Waals surface area contributed by atoms with E-state index in [9.17, 15) is 14.5 Å². The van der Waals surface area contributed by atoms with Gasteiger partial charge in [0.25, 0.3) is 5.69 Å². The van der Waals surface area contributed by atoms with Crippen LogP contribution in [-0.4, -0.2) is 35.1 Å². The number of nitro groups is 1. The molecule has 1 aromatic rings. The highest BCUT2D eigenvalue weighted by Crippen LogP contribution is 2.47. The Hall–Kier alpha value is -1.53. The Labute approximate surface area is 121 Å². The van der Waals surface area contributed by atoms with E-state index in [-0.39, 0.29) is 5.69 Å². The van der Waals surface area contributed by atoms with Crippen molar-refractivity contribution in [3.05, 3.63) is 39.7 Å². The van der Waals surface area contributed by atoms with Crippen molar-refractivity contribution in [2.45, 2.75) is 31.6 Å². The highest BCUT2D eigenvalue weighted by atomic mass is 19.1. The Balaban J connectivity index is 1.47. The molecule has 2 bridgehead atoms. The minimum absolute atomic E-state index is 0.194. The first kappa shape index (κ1) is 13.2. The van der Waals surface area contributed by atoms with Gasteiger partial charge in [-0.05, 0) is 18.9 Å². The number of benzene rings is 1. The van der Waals surface area contributed by atoms with Crippen LogP contribution in [0.25, 0.3) is 0 Å². The minimum Gasteiger partial charge on any atom is -0.374 e. The number of nitrogens with zero attached hydrogens (tertiary/aromatic N) is 2. The molecule has 3 aliphatic rings. The Morgan fingerprint density at radius 1 is 1.29 bits per heavy atom. The monoisotopic (exact) mass is 292 g/mol. The fraction of sp³-hybridized carbons (Fsp3) is 0.600. The molecule has 0 radical (unpaired) electrons. The van der Waals surface area contributed by atoms with Crippen LogP contribution >= 0.6 is 0 Å². The zero-order chi connectivity index (χ0) is 14.6. The number of hydrogen-bond donors (Lipinski definition) is 0. The highest BCUT2D eigenvalue weighted by molar-refractivity contribution is 5.34. The molecule has 0 saturated carbocycles. The Morgan fingerprint density at radius 2 is 1.95 bits per heavy atom. The van der Waals surface area contributed by atoms with Crippen LogP contribution in [0.15, 0.2) is 18.2 Å². The molecule has 112 valence electrons. The van der Waals surface area contributed by atoms with Crippen LogP contribution in [0.4, 0.5) is 10.1 Å². The van der Waals surface area contributed by atoms with Crippen molar-refractivity contribution in [3.63, 3.8) is 0 Å². The summed E-state index contributed by atoms with van der Waals surface area (Å²) in [4.78, 5) is 12.3. The average molecular weight is 292 g/mol. The number of rotatable bonds is 3. The first-order chi connectivity index (χ1) is 10.1. The Morgan fingerprint density at radius 3 is 2.52 bits per heavy atom. The van der Waals surface area contributed by atoms with Crippen molar-refractivity contribution in [1.29, 1.82) is 0 Å². The lowest BCUT2D eigenvalue weighted by Gasteiger charge is -2.18. The Kier molecular flexibility index (Phi) is 2.97. The molecular formula is C15H17FN2O3. The molecule has 3 saturated heterocycles. The van der Waals surface area contributed by atoms with Crippen molar-refractivity contribution in [2.75, 3.05) is 13.1 Å². The van der Waals surface area contributed by atoms with Crippen LogP contribution < -0.4 is 0 Å². The van der Waals surface area contributed by atoms with E-state index in [1.807, 2.05) is 0 Å². The van der Waals surface area contributed by atoms with E-state index < -0.39 is 10.7 Å². The molecule has 21 heavy (non-hydrogen) atoms. The number of hydrogen-bond acceptors (Lipinski definition) is 4. The van der Waals surface area contributed by atoms with Gasteiger partial charge in [0.15, 0.2) is 0 Å². The molecule has 0 aromatic heterocycles. The second kappa shape index (κ2) is 4.74. The zero-order valence-corrected chi connectivity index (χ0v) is 11.6. The summed E-state index contributed by atoms with van der Waals surface area (Å²) >= 11 is 0. The molecule has 0 N–H and O–H groups in total. The van der Waals surface area contributed by atoms with Gasteiger partial charge in [0, 0.05) is 43.1 Å². The van der Waals surface area contributed by atoms with Crippen molar-refractivity contribution in [3.8, 4) is 0 Å². The molecule has 6 heteroatoms. The van der Waals surface area contributed by atoms with Crippen LogP contribution in [0.1, 0.15) is 18.4 Å². The first-order valence-corrected chi connectivity index (χ1v) is 7.42. The van der Waals surface area contributed by atoms with Gasteiger partial charge < -0.3 is 4.74 Å². The van der Waals surface area contributed by atoms with Crippen LogP contribution in [-0.2, 0) is 11.3 Å². The molecule has 4 unspecified atom stereocenters. The van der Waals surface area contributed by atoms with E-state index in [1.54, 1.807) is 0 Å². The molecule has 5 nitrogen and oxygen atoms in total. The molecule has 1 aromatic carbocycles. The quantitative estimate of drug-likeness (QED) is 0.634. The van der Waals surface area contributed by atoms with Crippen LogP contribution in [0.2, 0.25) is 0 Å². The summed E-state index contributed by atoms with van der Waals surface area (Å²) in [5.74, 6) is 0.690. The number of halogens is 1. The maximum absolute atomic E-state index is 14.0. The van der Waals surface area contributed by atoms with E-state index >= 15 is 0 Å². The van der Waals surface area contributed by atoms with Crippen molar-refractivity contribution in [1.82, 2.24) is 4.90 Å². The second-order valence-electron chi connectivity index (χ2n) is 6.34. The van der Waals surface area contributed by atoms with Crippen LogP contribution in [0.5, 0.6) is 0 Å². The van der Waals surface area contributed by atoms with Crippen molar-refractivity contribution < 1.29 is 14.1 Å². The minimum atomic E-state index is -0.567. The number of fused-ring (bicyclic) bond motifs is 5. The molecule has 0 spiro atoms. The van der Waals surface area contributed by atoms with Gasteiger partial charge in [-0.1, -0.05) is 0 Å². The van der Waals surface area contributed by atoms with Crippen LogP contribution in [0.3, 0.4) is 0 Å². The molecule has 3 fully saturated rings. The molecule has 0 aliphatic carbocycles. The van der Waals surface area contributed by atoms with E-state index in [2.05, 4.69) is 4.90 Å². The predicted octanol–water partition coefficient (Wildman–Crippen LogP) is 2.34. The normalized spacial score (nSPS) is 34.3. The fourth-order valence-electron chi connectivity index (χ4n) is 4.20. The fourth-order valence-corrected chi connectivity index (χ4v) is 4.20. The molecule has 3 aliphatic heterocycles. The van der Waals surface area contributed by atoms with E-state index in [1.165, 1.54) is 12.1 Å². The van der Waals surface area contributed by atoms with Gasteiger partial charge in [-0.25, -0.2) is 4.39 Å². The molecule has 4 rings (SSSR count). The number of nitro benzene ring substituents is 1. The van der Waals surface area contributed by atoms with Crippen molar-refractivity contribution >= 4 is 5.69 Å². The lowest BCUT2D eigenvalue weighted by molar-refractivity contribution is -0.385. The van der Waals surface area contributed by atoms with E-state index in [0.29, 0.717) is 36.2 Å². The van der Waals surface area contributed by atoms with Gasteiger partial charge >= 0.3 is 0 Å². The zero-order valence-electron chi connectivity index (χ0n) is 11.6. The first-order valence-electron chi connectivity index (χ1n) is 7.42. The Bertz CT molecular complexity index is 576. The summed E-state index contributed by atoms with van der Waals surface area (Å²) in [5.41, 5.74) is 0.342. The highest BCUT2D eigenvalue weighted by Gasteiger charge is 2.52. The third-order valence-electron chi connectivity index (χ3n) is 5.17. The standard InChI is InChI=1S/C15H17FN2O3/c16-13-5-10(18(19)20)2-1-9(13)6-17-7-11-12(8-17)15-4-3-14(11)21-15/h1-2,5,11-12,14-15H,3-4,6-8H2. The summed E-state index contributed by atoms with van der Waals surface area (Å²) < 4.78 is 19.9. The number of ether oxygens (including phenoxy) is 1. The summed E-state index contributed by atoms with van der Waals surface area (Å²) in [7, 11) is 0. The van der Waals surface area contributed by atoms with E-state index in [0.717, 1.165) is 32.0 Å². The van der Waals surface area contributed by atoms with Gasteiger partial charge in [0.2, 0.25) is 0 Å². The maximum atomic E-state index is 14.0. The molecular weight excluding hydrogens is 275 g/mol. The molecule has 3 heterocycles. The lowest BCUT2D eigenvalue weighted by Crippen LogP contribution is -2.24. The van der Waals surface area contributed by atoms with Gasteiger partial charge in [-0.2, -0.15) is 0 Å². The lowest BCUT2D eigenvalue weighted by atomic mass is 9.82. The third kappa shape index (κ3) is 2.13. The van der Waals surface area contributed by atoms with Crippen LogP contribution in [0, 0.1) is 27.8 Å². The predicted molar refractivity (Wildman–Crippen MR) is 73.2 cm³/mol. The SMILES string of the molecule is O=[N+]([O-])c1ccc(CN2CC3C4CCC(O4)C3C2)c(F)c1. The van der Waals surface area contributed by atoms with Gasteiger partial charge in [-0.15, -0.1) is 0 Å². The third-order valence-corrected chi connectivity index (χ3v) is 5.17. The average Bonchev–Trinajstić information content (AvgIpc) is 3.12. The topological polar surface area (TPSA) is 55.6 Å². The largest absolute Gasteiger partial charge is 0.374 e. The number of non-ortho nitro benzene ring substituents is 1. The smallest absolute Gasteiger partial charge is 0.272 e. The van der Waals surface area contributed by atoms with Gasteiger partial charge in [0.05, 0.1) is 23.2 Å². The van der Waals surface area contributed by atoms with E-state index in [4.69, 9.17) is 4.74 Å². The van der Waals surface area contributed by atoms with Gasteiger partial charge in [0.1, 0.15) is 5.82 Å². The number of likely N-dealkylation sites (tertiary alicyclic amines) is 1. The van der Waals surface area contributed by atoms with Crippen molar-refractivity contribution in [2.24, 2.45) is 11.8 Å². The summed E-state index contributed by atoms with van der Waals surface area (Å²) in [5, 5.41) is 10.6.